The van der Waals surface area contributed by atoms with Crippen LogP contribution in [0.25, 0.3) is 0 Å². The SMILES string of the molecule is CCCC[C@@H](C)[C@@H](O)[C@H]1C(=O)N[C@@H](CC)C(=O)N(C)[C@H](C)C(=O)N(C)[C@@H](CC(C)C)C(=O)N[C@@H](C(C)C)C(=O)N(C)[C@@H](CC(C)C)C(=O)N[C@@H](C)C(=O)N[C@H](C)C(=O)N(C)[C@@H](CC(C)C)C(=O)N(C)[C@@H](CC(C)C)C(=O)N(C)[C@@H](C(C)C)C(=O)N1C. The van der Waals surface area contributed by atoms with E-state index in [0.717, 1.165) is 11.3 Å². The van der Waals surface area contributed by atoms with Crippen LogP contribution in [0.4, 0.5) is 0 Å². The summed E-state index contributed by atoms with van der Waals surface area (Å²) in [5.74, 6) is -9.54. The van der Waals surface area contributed by atoms with Crippen molar-refractivity contribution in [3.05, 3.63) is 0 Å². The van der Waals surface area contributed by atoms with E-state index in [2.05, 4.69) is 21.3 Å². The molecule has 0 unspecified atom stereocenters. The molecule has 0 spiro atoms. The summed E-state index contributed by atoms with van der Waals surface area (Å²) in [6.45, 7) is 31.7. The molecule has 0 bridgehead atoms. The minimum atomic E-state index is -1.58. The van der Waals surface area contributed by atoms with Crippen molar-refractivity contribution in [3.63, 3.8) is 0 Å². The van der Waals surface area contributed by atoms with E-state index in [1.54, 1.807) is 41.5 Å². The number of amides is 11. The second-order valence-corrected chi connectivity index (χ2v) is 26.8. The highest BCUT2D eigenvalue weighted by atomic mass is 16.3. The molecule has 86 heavy (non-hydrogen) atoms. The maximum Gasteiger partial charge on any atom is 0.246 e. The molecule has 494 valence electrons. The van der Waals surface area contributed by atoms with Crippen LogP contribution in [-0.4, -0.2) is 226 Å². The number of hydrogen-bond donors (Lipinski definition) is 5. The molecule has 1 saturated heterocycles. The summed E-state index contributed by atoms with van der Waals surface area (Å²) in [6.07, 6.45) is 1.16. The van der Waals surface area contributed by atoms with Crippen molar-refractivity contribution in [2.75, 3.05) is 49.3 Å². The Kier molecular flexibility index (Phi) is 32.0. The lowest BCUT2D eigenvalue weighted by Crippen LogP contribution is -2.64. The fraction of sp³-hybridized carbons (Fsp3) is 0.825. The van der Waals surface area contributed by atoms with Gasteiger partial charge in [-0.1, -0.05) is 117 Å². The molecule has 1 rings (SSSR count). The predicted molar refractivity (Wildman–Crippen MR) is 333 cm³/mol. The number of hydrogen-bond acceptors (Lipinski definition) is 12. The molecule has 11 amide bonds. The molecule has 0 aromatic rings. The summed E-state index contributed by atoms with van der Waals surface area (Å²) < 4.78 is 0. The molecule has 1 aliphatic rings. The van der Waals surface area contributed by atoms with E-state index < -0.39 is 155 Å². The highest BCUT2D eigenvalue weighted by Crippen LogP contribution is 2.26. The highest BCUT2D eigenvalue weighted by Gasteiger charge is 2.46. The third kappa shape index (κ3) is 21.2. The first-order chi connectivity index (χ1) is 39.6. The fourth-order valence-electron chi connectivity index (χ4n) is 11.1. The van der Waals surface area contributed by atoms with Crippen LogP contribution >= 0.6 is 0 Å². The normalized spacial score (nSPS) is 27.5. The number of aliphatic hydroxyl groups is 1. The maximum absolute atomic E-state index is 15.2. The summed E-state index contributed by atoms with van der Waals surface area (Å²) in [6, 6.07) is -13.5. The van der Waals surface area contributed by atoms with E-state index in [-0.39, 0.29) is 55.8 Å². The molecule has 1 fully saturated rings. The number of nitrogens with zero attached hydrogens (tertiary/aromatic N) is 7. The molecule has 1 heterocycles. The molecule has 23 nitrogen and oxygen atoms in total. The van der Waals surface area contributed by atoms with Crippen LogP contribution in [-0.2, 0) is 52.7 Å². The van der Waals surface area contributed by atoms with Crippen LogP contribution in [0.1, 0.15) is 176 Å². The Morgan fingerprint density at radius 2 is 0.791 bits per heavy atom. The van der Waals surface area contributed by atoms with Gasteiger partial charge < -0.3 is 60.7 Å². The molecule has 13 atom stereocenters. The molecule has 0 radical (unpaired) electrons. The van der Waals surface area contributed by atoms with Gasteiger partial charge in [0.1, 0.15) is 66.5 Å². The van der Waals surface area contributed by atoms with Gasteiger partial charge in [0.05, 0.1) is 6.10 Å². The first kappa shape index (κ1) is 78.1. The lowest BCUT2D eigenvalue weighted by molar-refractivity contribution is -0.157. The van der Waals surface area contributed by atoms with E-state index in [9.17, 15) is 48.3 Å². The summed E-state index contributed by atoms with van der Waals surface area (Å²) in [5.41, 5.74) is 0. The van der Waals surface area contributed by atoms with E-state index in [1.807, 2.05) is 62.3 Å². The van der Waals surface area contributed by atoms with Crippen molar-refractivity contribution in [2.24, 2.45) is 41.4 Å². The van der Waals surface area contributed by atoms with Gasteiger partial charge in [-0.15, -0.1) is 0 Å². The smallest absolute Gasteiger partial charge is 0.246 e. The zero-order chi connectivity index (χ0) is 66.8. The minimum absolute atomic E-state index is 0.0268. The molecule has 5 N–H and O–H groups in total. The molecule has 0 aromatic carbocycles. The second kappa shape index (κ2) is 35.2. The summed E-state index contributed by atoms with van der Waals surface area (Å²) in [5, 5.41) is 23.2. The third-order valence-corrected chi connectivity index (χ3v) is 16.8. The van der Waals surface area contributed by atoms with Crippen molar-refractivity contribution in [1.29, 1.82) is 0 Å². The van der Waals surface area contributed by atoms with Crippen LogP contribution in [0, 0.1) is 41.4 Å². The minimum Gasteiger partial charge on any atom is -0.390 e. The topological polar surface area (TPSA) is 279 Å². The van der Waals surface area contributed by atoms with Gasteiger partial charge in [-0.3, -0.25) is 52.7 Å². The van der Waals surface area contributed by atoms with Gasteiger partial charge in [-0.05, 0) is 101 Å². The van der Waals surface area contributed by atoms with Crippen LogP contribution < -0.4 is 21.3 Å². The number of nitrogens with one attached hydrogen (secondary N) is 4. The maximum atomic E-state index is 15.2. The van der Waals surface area contributed by atoms with E-state index in [1.165, 1.54) is 99.5 Å². The van der Waals surface area contributed by atoms with Crippen LogP contribution in [0.5, 0.6) is 0 Å². The Morgan fingerprint density at radius 3 is 1.22 bits per heavy atom. The zero-order valence-electron chi connectivity index (χ0n) is 57.2. The van der Waals surface area contributed by atoms with Crippen LogP contribution in [0.3, 0.4) is 0 Å². The number of rotatable bonds is 16. The third-order valence-electron chi connectivity index (χ3n) is 16.8. The summed E-state index contributed by atoms with van der Waals surface area (Å²) >= 11 is 0. The number of carbonyl (C=O) groups excluding carboxylic acids is 11. The van der Waals surface area contributed by atoms with Crippen LogP contribution in [0.2, 0.25) is 0 Å². The number of carbonyl (C=O) groups is 11. The molecule has 23 heteroatoms. The average Bonchev–Trinajstić information content (AvgIpc) is 2.82. The Hall–Kier alpha value is -5.87. The Labute approximate surface area is 515 Å². The van der Waals surface area contributed by atoms with Crippen molar-refractivity contribution < 1.29 is 57.8 Å². The van der Waals surface area contributed by atoms with Gasteiger partial charge in [-0.25, -0.2) is 0 Å². The molecular formula is C63H115N11O12. The van der Waals surface area contributed by atoms with Crippen LogP contribution in [0.15, 0.2) is 0 Å². The molecule has 0 saturated carbocycles. The zero-order valence-corrected chi connectivity index (χ0v) is 57.2. The van der Waals surface area contributed by atoms with Gasteiger partial charge in [0, 0.05) is 49.3 Å². The second-order valence-electron chi connectivity index (χ2n) is 26.8. The predicted octanol–water partition coefficient (Wildman–Crippen LogP) is 3.88. The van der Waals surface area contributed by atoms with Crippen molar-refractivity contribution >= 4 is 65.0 Å². The lowest BCUT2D eigenvalue weighted by atomic mass is 9.90. The van der Waals surface area contributed by atoms with Gasteiger partial charge in [0.25, 0.3) is 0 Å². The molecular weight excluding hydrogens is 1100 g/mol. The fourth-order valence-corrected chi connectivity index (χ4v) is 11.1. The highest BCUT2D eigenvalue weighted by molar-refractivity contribution is 6.00. The van der Waals surface area contributed by atoms with Crippen molar-refractivity contribution in [1.82, 2.24) is 55.6 Å². The molecule has 0 aromatic heterocycles. The van der Waals surface area contributed by atoms with Crippen molar-refractivity contribution in [3.8, 4) is 0 Å². The number of unbranched alkanes of at least 4 members (excludes halogenated alkanes) is 1. The van der Waals surface area contributed by atoms with Gasteiger partial charge in [0.15, 0.2) is 0 Å². The van der Waals surface area contributed by atoms with Gasteiger partial charge in [0.2, 0.25) is 65.0 Å². The van der Waals surface area contributed by atoms with Crippen molar-refractivity contribution in [2.45, 2.75) is 249 Å². The molecule has 0 aliphatic carbocycles. The first-order valence-electron chi connectivity index (χ1n) is 31.4. The van der Waals surface area contributed by atoms with E-state index >= 15 is 9.59 Å². The van der Waals surface area contributed by atoms with Gasteiger partial charge >= 0.3 is 0 Å². The Bertz CT molecular complexity index is 2310. The Balaban J connectivity index is 4.36. The van der Waals surface area contributed by atoms with E-state index in [0.29, 0.717) is 12.8 Å². The van der Waals surface area contributed by atoms with Gasteiger partial charge in [-0.2, -0.15) is 0 Å². The largest absolute Gasteiger partial charge is 0.390 e. The Morgan fingerprint density at radius 1 is 0.395 bits per heavy atom. The quantitative estimate of drug-likeness (QED) is 0.147. The lowest BCUT2D eigenvalue weighted by Gasteiger charge is -2.41. The number of likely N-dealkylation sites (N-methyl/N-ethyl adjacent to an activating group) is 7. The number of aliphatic hydroxyl groups excluding tert-OH is 1. The monoisotopic (exact) mass is 1220 g/mol. The standard InChI is InChI=1S/C63H115N11O12/c1-26-28-29-40(15)52(75)51-56(79)66-44(27-2)59(82)68(19)43(18)58(81)69(20)46(31-35(5)6)55(78)67-49(38(11)12)62(85)70(21)45(30-34(3)4)54(77)64-41(16)53(76)65-42(17)57(80)71(22)47(32-36(7)8)60(83)72(23)48(33-37(9)10)61(84)73(24)50(39(13)14)63(86)74(51)25/h34-52,75H,26-33H2,1-25H3,(H,64,77)(H,65,76)(H,66,79)(H,67,78)/t40-,41+,42-,43-,44+,45+,46+,47+,48+,49+,50+,51+,52-/m1/s1. The molecule has 1 aliphatic heterocycles. The summed E-state index contributed by atoms with van der Waals surface area (Å²) in [4.78, 5) is 170. The summed E-state index contributed by atoms with van der Waals surface area (Å²) in [7, 11) is 10.0. The average molecular weight is 1220 g/mol. The van der Waals surface area contributed by atoms with E-state index in [4.69, 9.17) is 0 Å². The first-order valence-corrected chi connectivity index (χ1v) is 31.4.